The molecule has 3 aromatic rings. The molecule has 0 spiro atoms. The number of nitrogens with zero attached hydrogens (tertiary/aromatic N) is 1. The van der Waals surface area contributed by atoms with E-state index in [1.807, 2.05) is 30.3 Å². The quantitative estimate of drug-likeness (QED) is 0.521. The van der Waals surface area contributed by atoms with Gasteiger partial charge in [0.15, 0.2) is 0 Å². The summed E-state index contributed by atoms with van der Waals surface area (Å²) in [4.78, 5) is 9.90. The molecule has 0 aliphatic heterocycles. The Morgan fingerprint density at radius 1 is 1.00 bits per heavy atom. The first-order valence-electron chi connectivity index (χ1n) is 5.63. The number of benzene rings is 1. The van der Waals surface area contributed by atoms with Crippen LogP contribution in [0.3, 0.4) is 0 Å². The summed E-state index contributed by atoms with van der Waals surface area (Å²) in [6, 6.07) is 12.4. The molecule has 0 atom stereocenters. The lowest BCUT2D eigenvalue weighted by atomic mass is 10.2. The second-order valence-corrected chi connectivity index (χ2v) is 3.95. The first-order chi connectivity index (χ1) is 9.22. The zero-order chi connectivity index (χ0) is 13.2. The molecule has 94 valence electrons. The number of nitro groups is 1. The number of hydrogen-bond acceptors (Lipinski definition) is 4. The third-order valence-corrected chi connectivity index (χ3v) is 2.65. The van der Waals surface area contributed by atoms with Gasteiger partial charge in [0.2, 0.25) is 0 Å². The smallest absolute Gasteiger partial charge is 0.433 e. The maximum absolute atomic E-state index is 10.5. The summed E-state index contributed by atoms with van der Waals surface area (Å²) >= 11 is 0. The lowest BCUT2D eigenvalue weighted by molar-refractivity contribution is -0.402. The number of hydrogen-bond donors (Lipinski definition) is 0. The Labute approximate surface area is 107 Å². The molecule has 0 saturated heterocycles. The van der Waals surface area contributed by atoms with Gasteiger partial charge in [-0.05, 0) is 30.4 Å². The average molecular weight is 255 g/mol. The van der Waals surface area contributed by atoms with Crippen LogP contribution in [-0.2, 0) is 0 Å². The van der Waals surface area contributed by atoms with Crippen LogP contribution in [0.25, 0.3) is 23.1 Å². The number of para-hydroxylation sites is 1. The van der Waals surface area contributed by atoms with Crippen molar-refractivity contribution < 1.29 is 13.8 Å². The maximum Gasteiger partial charge on any atom is 0.433 e. The van der Waals surface area contributed by atoms with Crippen molar-refractivity contribution in [3.05, 3.63) is 64.1 Å². The molecule has 2 heterocycles. The molecule has 0 radical (unpaired) electrons. The van der Waals surface area contributed by atoms with Crippen molar-refractivity contribution in [2.75, 3.05) is 0 Å². The van der Waals surface area contributed by atoms with Crippen molar-refractivity contribution in [1.82, 2.24) is 0 Å². The Hall–Kier alpha value is -2.82. The molecule has 0 fully saturated rings. The third-order valence-electron chi connectivity index (χ3n) is 2.65. The molecular weight excluding hydrogens is 246 g/mol. The van der Waals surface area contributed by atoms with E-state index in [0.29, 0.717) is 11.5 Å². The van der Waals surface area contributed by atoms with E-state index in [4.69, 9.17) is 8.83 Å². The van der Waals surface area contributed by atoms with Gasteiger partial charge in [0, 0.05) is 5.39 Å². The van der Waals surface area contributed by atoms with Crippen LogP contribution in [0.4, 0.5) is 5.88 Å². The molecule has 0 N–H and O–H groups in total. The van der Waals surface area contributed by atoms with Crippen LogP contribution >= 0.6 is 0 Å². The van der Waals surface area contributed by atoms with Crippen LogP contribution in [0.5, 0.6) is 0 Å². The van der Waals surface area contributed by atoms with Crippen LogP contribution in [0.2, 0.25) is 0 Å². The molecule has 0 saturated carbocycles. The van der Waals surface area contributed by atoms with E-state index >= 15 is 0 Å². The number of rotatable bonds is 3. The SMILES string of the molecule is O=[N+]([O-])c1ccc(/C=C/c2cc3ccccc3o2)o1. The maximum atomic E-state index is 10.5. The van der Waals surface area contributed by atoms with Gasteiger partial charge in [0.1, 0.15) is 22.0 Å². The fourth-order valence-electron chi connectivity index (χ4n) is 1.78. The highest BCUT2D eigenvalue weighted by molar-refractivity contribution is 5.81. The van der Waals surface area contributed by atoms with E-state index < -0.39 is 4.92 Å². The minimum absolute atomic E-state index is 0.274. The van der Waals surface area contributed by atoms with E-state index in [2.05, 4.69) is 0 Å². The first kappa shape index (κ1) is 11.3. The number of fused-ring (bicyclic) bond motifs is 1. The van der Waals surface area contributed by atoms with Crippen LogP contribution in [0, 0.1) is 10.1 Å². The molecule has 5 heteroatoms. The Balaban J connectivity index is 1.86. The summed E-state index contributed by atoms with van der Waals surface area (Å²) in [7, 11) is 0. The summed E-state index contributed by atoms with van der Waals surface area (Å²) in [5.74, 6) is 0.802. The highest BCUT2D eigenvalue weighted by Crippen LogP contribution is 2.22. The van der Waals surface area contributed by atoms with E-state index in [1.54, 1.807) is 12.2 Å². The van der Waals surface area contributed by atoms with Gasteiger partial charge in [-0.3, -0.25) is 10.1 Å². The van der Waals surface area contributed by atoms with E-state index in [-0.39, 0.29) is 5.88 Å². The average Bonchev–Trinajstić information content (AvgIpc) is 3.02. The van der Waals surface area contributed by atoms with Crippen LogP contribution in [-0.4, -0.2) is 4.92 Å². The van der Waals surface area contributed by atoms with Gasteiger partial charge in [-0.25, -0.2) is 0 Å². The van der Waals surface area contributed by atoms with Gasteiger partial charge in [0.25, 0.3) is 0 Å². The summed E-state index contributed by atoms with van der Waals surface area (Å²) in [5.41, 5.74) is 0.799. The summed E-state index contributed by atoms with van der Waals surface area (Å²) < 4.78 is 10.6. The topological polar surface area (TPSA) is 69.4 Å². The zero-order valence-electron chi connectivity index (χ0n) is 9.78. The minimum atomic E-state index is -0.571. The molecule has 0 aliphatic rings. The molecule has 0 bridgehead atoms. The van der Waals surface area contributed by atoms with Gasteiger partial charge >= 0.3 is 5.88 Å². The van der Waals surface area contributed by atoms with E-state index in [1.165, 1.54) is 12.1 Å². The first-order valence-corrected chi connectivity index (χ1v) is 5.63. The van der Waals surface area contributed by atoms with Gasteiger partial charge in [-0.15, -0.1) is 0 Å². The molecule has 0 aliphatic carbocycles. The van der Waals surface area contributed by atoms with Crippen molar-refractivity contribution in [3.63, 3.8) is 0 Å². The second kappa shape index (κ2) is 4.45. The van der Waals surface area contributed by atoms with Gasteiger partial charge < -0.3 is 8.83 Å². The normalized spacial score (nSPS) is 11.4. The summed E-state index contributed by atoms with van der Waals surface area (Å²) in [6.07, 6.45) is 3.34. The van der Waals surface area contributed by atoms with Gasteiger partial charge in [-0.2, -0.15) is 0 Å². The molecule has 0 unspecified atom stereocenters. The van der Waals surface area contributed by atoms with Crippen molar-refractivity contribution >= 4 is 29.0 Å². The molecule has 19 heavy (non-hydrogen) atoms. The predicted molar refractivity (Wildman–Crippen MR) is 70.5 cm³/mol. The third kappa shape index (κ3) is 2.26. The summed E-state index contributed by atoms with van der Waals surface area (Å²) in [5, 5.41) is 11.5. The van der Waals surface area contributed by atoms with Gasteiger partial charge in [-0.1, -0.05) is 18.2 Å². The van der Waals surface area contributed by atoms with Crippen molar-refractivity contribution in [3.8, 4) is 0 Å². The van der Waals surface area contributed by atoms with E-state index in [0.717, 1.165) is 11.0 Å². The fourth-order valence-corrected chi connectivity index (χ4v) is 1.78. The largest absolute Gasteiger partial charge is 0.457 e. The van der Waals surface area contributed by atoms with Crippen LogP contribution in [0.15, 0.2) is 51.3 Å². The highest BCUT2D eigenvalue weighted by atomic mass is 16.6. The lowest BCUT2D eigenvalue weighted by Gasteiger charge is -1.85. The zero-order valence-corrected chi connectivity index (χ0v) is 9.78. The standard InChI is InChI=1S/C14H9NO4/c16-15(17)14-8-7-11(19-14)5-6-12-9-10-3-1-2-4-13(10)18-12/h1-9H/b6-5+. The minimum Gasteiger partial charge on any atom is -0.457 e. The Morgan fingerprint density at radius 3 is 2.53 bits per heavy atom. The Morgan fingerprint density at radius 2 is 1.79 bits per heavy atom. The Bertz CT molecular complexity index is 733. The van der Waals surface area contributed by atoms with Crippen molar-refractivity contribution in [2.45, 2.75) is 0 Å². The molecular formula is C14H9NO4. The highest BCUT2D eigenvalue weighted by Gasteiger charge is 2.09. The van der Waals surface area contributed by atoms with Crippen LogP contribution in [0.1, 0.15) is 11.5 Å². The predicted octanol–water partition coefficient (Wildman–Crippen LogP) is 4.10. The molecule has 0 amide bonds. The fraction of sp³-hybridized carbons (Fsp3) is 0. The second-order valence-electron chi connectivity index (χ2n) is 3.95. The van der Waals surface area contributed by atoms with Crippen LogP contribution < -0.4 is 0 Å². The monoisotopic (exact) mass is 255 g/mol. The summed E-state index contributed by atoms with van der Waals surface area (Å²) in [6.45, 7) is 0. The molecule has 3 rings (SSSR count). The van der Waals surface area contributed by atoms with E-state index in [9.17, 15) is 10.1 Å². The lowest BCUT2D eigenvalue weighted by Crippen LogP contribution is -1.82. The molecule has 2 aromatic heterocycles. The van der Waals surface area contributed by atoms with Crippen molar-refractivity contribution in [1.29, 1.82) is 0 Å². The van der Waals surface area contributed by atoms with Crippen molar-refractivity contribution in [2.24, 2.45) is 0 Å². The molecule has 5 nitrogen and oxygen atoms in total. The number of furan rings is 2. The van der Waals surface area contributed by atoms with Gasteiger partial charge in [0.05, 0.1) is 6.07 Å². The Kier molecular flexibility index (Phi) is 2.64. The molecule has 1 aromatic carbocycles.